The fraction of sp³-hybridized carbons (Fsp3) is 0.381. The molecule has 0 aliphatic carbocycles. The van der Waals surface area contributed by atoms with E-state index < -0.39 is 6.10 Å². The van der Waals surface area contributed by atoms with Crippen LogP contribution in [-0.2, 0) is 16.8 Å². The molecule has 134 valence electrons. The second kappa shape index (κ2) is 7.92. The number of carbonyl (C=O) groups is 1. The number of likely N-dealkylation sites (N-methyl/N-ethyl adjacent to an activating group) is 1. The quantitative estimate of drug-likeness (QED) is 0.746. The van der Waals surface area contributed by atoms with Crippen molar-refractivity contribution in [2.45, 2.75) is 45.8 Å². The molecule has 0 unspecified atom stereocenters. The van der Waals surface area contributed by atoms with Crippen LogP contribution in [0.5, 0.6) is 5.75 Å². The van der Waals surface area contributed by atoms with Gasteiger partial charge in [0.25, 0.3) is 5.91 Å². The topological polar surface area (TPSA) is 29.5 Å². The van der Waals surface area contributed by atoms with Crippen molar-refractivity contribution in [1.29, 1.82) is 0 Å². The molecule has 3 nitrogen and oxygen atoms in total. The number of amides is 1. The highest BCUT2D eigenvalue weighted by molar-refractivity contribution is 6.30. The average Bonchev–Trinajstić information content (AvgIpc) is 2.55. The molecule has 0 radical (unpaired) electrons. The van der Waals surface area contributed by atoms with Crippen molar-refractivity contribution in [1.82, 2.24) is 4.90 Å². The smallest absolute Gasteiger partial charge is 0.263 e. The van der Waals surface area contributed by atoms with Gasteiger partial charge in [-0.3, -0.25) is 4.79 Å². The minimum atomic E-state index is -0.544. The second-order valence-corrected chi connectivity index (χ2v) is 7.79. The standard InChI is InChI=1S/C21H26ClNO2/c1-15(25-19-12-8-17(9-13-19)21(2,3)4)20(24)23(5)14-16-6-10-18(22)11-7-16/h6-13,15H,14H2,1-5H3/t15-/m1/s1. The molecule has 2 rings (SSSR count). The van der Waals surface area contributed by atoms with Gasteiger partial charge < -0.3 is 9.64 Å². The summed E-state index contributed by atoms with van der Waals surface area (Å²) in [5.41, 5.74) is 2.36. The van der Waals surface area contributed by atoms with E-state index in [0.717, 1.165) is 5.56 Å². The molecule has 2 aromatic rings. The van der Waals surface area contributed by atoms with Crippen molar-refractivity contribution in [2.24, 2.45) is 0 Å². The molecular weight excluding hydrogens is 334 g/mol. The van der Waals surface area contributed by atoms with Crippen LogP contribution in [0.15, 0.2) is 48.5 Å². The number of nitrogens with zero attached hydrogens (tertiary/aromatic N) is 1. The Kier molecular flexibility index (Phi) is 6.12. The van der Waals surface area contributed by atoms with E-state index in [1.165, 1.54) is 5.56 Å². The molecule has 0 aliphatic rings. The highest BCUT2D eigenvalue weighted by Crippen LogP contribution is 2.24. The summed E-state index contributed by atoms with van der Waals surface area (Å²) < 4.78 is 5.81. The molecule has 0 saturated carbocycles. The van der Waals surface area contributed by atoms with Crippen LogP contribution in [-0.4, -0.2) is 24.0 Å². The van der Waals surface area contributed by atoms with Gasteiger partial charge >= 0.3 is 0 Å². The Balaban J connectivity index is 1.96. The van der Waals surface area contributed by atoms with Crippen LogP contribution in [0.1, 0.15) is 38.8 Å². The molecule has 2 aromatic carbocycles. The van der Waals surface area contributed by atoms with Crippen molar-refractivity contribution in [3.05, 3.63) is 64.7 Å². The molecule has 1 amide bonds. The van der Waals surface area contributed by atoms with Crippen LogP contribution in [0.3, 0.4) is 0 Å². The molecule has 0 heterocycles. The summed E-state index contributed by atoms with van der Waals surface area (Å²) in [6, 6.07) is 15.4. The lowest BCUT2D eigenvalue weighted by Gasteiger charge is -2.23. The summed E-state index contributed by atoms with van der Waals surface area (Å²) in [4.78, 5) is 14.2. The van der Waals surface area contributed by atoms with Crippen molar-refractivity contribution in [2.75, 3.05) is 7.05 Å². The van der Waals surface area contributed by atoms with Gasteiger partial charge in [-0.25, -0.2) is 0 Å². The van der Waals surface area contributed by atoms with Crippen LogP contribution in [0.25, 0.3) is 0 Å². The number of carbonyl (C=O) groups excluding carboxylic acids is 1. The van der Waals surface area contributed by atoms with Crippen molar-refractivity contribution >= 4 is 17.5 Å². The molecule has 0 N–H and O–H groups in total. The van der Waals surface area contributed by atoms with E-state index in [4.69, 9.17) is 16.3 Å². The largest absolute Gasteiger partial charge is 0.481 e. The first kappa shape index (κ1) is 19.3. The maximum Gasteiger partial charge on any atom is 0.263 e. The Bertz CT molecular complexity index is 702. The predicted molar refractivity (Wildman–Crippen MR) is 103 cm³/mol. The van der Waals surface area contributed by atoms with E-state index in [1.54, 1.807) is 18.9 Å². The minimum absolute atomic E-state index is 0.0603. The van der Waals surface area contributed by atoms with Crippen LogP contribution in [0, 0.1) is 0 Å². The maximum atomic E-state index is 12.5. The fourth-order valence-electron chi connectivity index (χ4n) is 2.54. The molecule has 0 bridgehead atoms. The van der Waals surface area contributed by atoms with Crippen molar-refractivity contribution < 1.29 is 9.53 Å². The number of benzene rings is 2. The summed E-state index contributed by atoms with van der Waals surface area (Å²) in [5, 5.41) is 0.688. The number of halogens is 1. The second-order valence-electron chi connectivity index (χ2n) is 7.36. The Morgan fingerprint density at radius 3 is 2.16 bits per heavy atom. The Morgan fingerprint density at radius 1 is 1.08 bits per heavy atom. The van der Waals surface area contributed by atoms with Gasteiger partial charge in [0.1, 0.15) is 5.75 Å². The predicted octanol–water partition coefficient (Wildman–Crippen LogP) is 5.06. The van der Waals surface area contributed by atoms with Gasteiger partial charge in [0.15, 0.2) is 6.10 Å². The van der Waals surface area contributed by atoms with E-state index in [9.17, 15) is 4.79 Å². The summed E-state index contributed by atoms with van der Waals surface area (Å²) in [6.45, 7) is 8.80. The zero-order valence-electron chi connectivity index (χ0n) is 15.5. The first-order valence-electron chi connectivity index (χ1n) is 8.43. The van der Waals surface area contributed by atoms with E-state index >= 15 is 0 Å². The summed E-state index contributed by atoms with van der Waals surface area (Å²) in [7, 11) is 1.78. The third-order valence-corrected chi connectivity index (χ3v) is 4.34. The molecule has 0 aliphatic heterocycles. The van der Waals surface area contributed by atoms with Crippen molar-refractivity contribution in [3.63, 3.8) is 0 Å². The third-order valence-electron chi connectivity index (χ3n) is 4.09. The molecule has 0 spiro atoms. The van der Waals surface area contributed by atoms with Gasteiger partial charge in [0.05, 0.1) is 0 Å². The summed E-state index contributed by atoms with van der Waals surface area (Å²) >= 11 is 5.89. The number of rotatable bonds is 5. The molecule has 0 saturated heterocycles. The first-order chi connectivity index (χ1) is 11.7. The van der Waals surface area contributed by atoms with Gasteiger partial charge in [-0.15, -0.1) is 0 Å². The molecule has 0 fully saturated rings. The van der Waals surface area contributed by atoms with Crippen LogP contribution in [0.2, 0.25) is 5.02 Å². The highest BCUT2D eigenvalue weighted by Gasteiger charge is 2.20. The molecule has 4 heteroatoms. The minimum Gasteiger partial charge on any atom is -0.481 e. The van der Waals surface area contributed by atoms with Gasteiger partial charge in [0.2, 0.25) is 0 Å². The number of hydrogen-bond acceptors (Lipinski definition) is 2. The lowest BCUT2D eigenvalue weighted by Crippen LogP contribution is -2.37. The monoisotopic (exact) mass is 359 g/mol. The summed E-state index contributed by atoms with van der Waals surface area (Å²) in [6.07, 6.45) is -0.544. The fourth-order valence-corrected chi connectivity index (χ4v) is 2.67. The van der Waals surface area contributed by atoms with Gasteiger partial charge in [-0.2, -0.15) is 0 Å². The van der Waals surface area contributed by atoms with Gasteiger partial charge in [0, 0.05) is 18.6 Å². The molecule has 0 aromatic heterocycles. The number of hydrogen-bond donors (Lipinski definition) is 0. The molecule has 1 atom stereocenters. The highest BCUT2D eigenvalue weighted by atomic mass is 35.5. The van der Waals surface area contributed by atoms with Gasteiger partial charge in [-0.1, -0.05) is 56.6 Å². The summed E-state index contributed by atoms with van der Waals surface area (Å²) in [5.74, 6) is 0.642. The molecular formula is C21H26ClNO2. The maximum absolute atomic E-state index is 12.5. The SMILES string of the molecule is C[C@@H](Oc1ccc(C(C)(C)C)cc1)C(=O)N(C)Cc1ccc(Cl)cc1. The van der Waals surface area contributed by atoms with E-state index in [1.807, 2.05) is 48.5 Å². The average molecular weight is 360 g/mol. The zero-order chi connectivity index (χ0) is 18.6. The zero-order valence-corrected chi connectivity index (χ0v) is 16.3. The lowest BCUT2D eigenvalue weighted by atomic mass is 9.87. The Hall–Kier alpha value is -2.00. The number of ether oxygens (including phenoxy) is 1. The first-order valence-corrected chi connectivity index (χ1v) is 8.81. The molecule has 25 heavy (non-hydrogen) atoms. The Labute approximate surface area is 155 Å². The third kappa shape index (κ3) is 5.50. The van der Waals surface area contributed by atoms with Gasteiger partial charge in [-0.05, 0) is 47.7 Å². The Morgan fingerprint density at radius 2 is 1.64 bits per heavy atom. The van der Waals surface area contributed by atoms with E-state index in [2.05, 4.69) is 20.8 Å². The van der Waals surface area contributed by atoms with E-state index in [-0.39, 0.29) is 11.3 Å². The van der Waals surface area contributed by atoms with Crippen LogP contribution < -0.4 is 4.74 Å². The van der Waals surface area contributed by atoms with E-state index in [0.29, 0.717) is 17.3 Å². The normalized spacial score (nSPS) is 12.6. The lowest BCUT2D eigenvalue weighted by molar-refractivity contribution is -0.137. The van der Waals surface area contributed by atoms with Crippen LogP contribution in [0.4, 0.5) is 0 Å². The van der Waals surface area contributed by atoms with Crippen LogP contribution >= 0.6 is 11.6 Å². The van der Waals surface area contributed by atoms with Crippen molar-refractivity contribution in [3.8, 4) is 5.75 Å².